The fourth-order valence-corrected chi connectivity index (χ4v) is 1.55. The average molecular weight is 229 g/mol. The van der Waals surface area contributed by atoms with Gasteiger partial charge in [-0.2, -0.15) is 0 Å². The smallest absolute Gasteiger partial charge is 0.129 e. The van der Waals surface area contributed by atoms with E-state index in [1.165, 1.54) is 0 Å². The van der Waals surface area contributed by atoms with E-state index in [-0.39, 0.29) is 0 Å². The third kappa shape index (κ3) is 5.11. The summed E-state index contributed by atoms with van der Waals surface area (Å²) in [5, 5.41) is 0.554. The van der Waals surface area contributed by atoms with Gasteiger partial charge in [-0.1, -0.05) is 17.7 Å². The van der Waals surface area contributed by atoms with Crippen LogP contribution < -0.4 is 0 Å². The van der Waals surface area contributed by atoms with Crippen LogP contribution in [0.25, 0.3) is 0 Å². The van der Waals surface area contributed by atoms with Gasteiger partial charge in [-0.15, -0.1) is 0 Å². The Morgan fingerprint density at radius 2 is 2.27 bits per heavy atom. The summed E-state index contributed by atoms with van der Waals surface area (Å²) < 4.78 is 5.00. The van der Waals surface area contributed by atoms with Crippen LogP contribution in [0, 0.1) is 0 Å². The fraction of sp³-hybridized carbons (Fsp3) is 0.545. The van der Waals surface area contributed by atoms with Crippen molar-refractivity contribution in [2.24, 2.45) is 0 Å². The van der Waals surface area contributed by atoms with Crippen LogP contribution in [0.15, 0.2) is 18.2 Å². The Morgan fingerprint density at radius 3 is 2.93 bits per heavy atom. The van der Waals surface area contributed by atoms with E-state index in [1.54, 1.807) is 13.2 Å². The molecule has 0 saturated carbocycles. The van der Waals surface area contributed by atoms with Crippen LogP contribution >= 0.6 is 11.6 Å². The number of nitrogens with zero attached hydrogens (tertiary/aromatic N) is 2. The molecule has 0 bridgehead atoms. The zero-order chi connectivity index (χ0) is 11.1. The number of methoxy groups -OCH3 is 1. The Kier molecular flexibility index (Phi) is 5.61. The van der Waals surface area contributed by atoms with Gasteiger partial charge < -0.3 is 9.64 Å². The number of hydrogen-bond donors (Lipinski definition) is 0. The summed E-state index contributed by atoms with van der Waals surface area (Å²) in [4.78, 5) is 6.44. The predicted molar refractivity (Wildman–Crippen MR) is 62.1 cm³/mol. The van der Waals surface area contributed by atoms with E-state index >= 15 is 0 Å². The number of aromatic nitrogens is 1. The summed E-state index contributed by atoms with van der Waals surface area (Å²) in [7, 11) is 3.79. The van der Waals surface area contributed by atoms with Gasteiger partial charge in [0.25, 0.3) is 0 Å². The minimum Gasteiger partial charge on any atom is -0.385 e. The van der Waals surface area contributed by atoms with Gasteiger partial charge in [0.15, 0.2) is 0 Å². The number of halogens is 1. The summed E-state index contributed by atoms with van der Waals surface area (Å²) in [5.74, 6) is 0. The Bertz CT molecular complexity index is 294. The molecule has 4 heteroatoms. The highest BCUT2D eigenvalue weighted by Gasteiger charge is 2.01. The molecule has 0 fully saturated rings. The third-order valence-corrected chi connectivity index (χ3v) is 2.30. The first-order chi connectivity index (χ1) is 7.22. The van der Waals surface area contributed by atoms with Crippen LogP contribution in [0.4, 0.5) is 0 Å². The molecule has 1 heterocycles. The van der Waals surface area contributed by atoms with Crippen molar-refractivity contribution in [2.45, 2.75) is 13.0 Å². The quantitative estimate of drug-likeness (QED) is 0.552. The van der Waals surface area contributed by atoms with Crippen LogP contribution in [-0.4, -0.2) is 37.2 Å². The second-order valence-electron chi connectivity index (χ2n) is 3.54. The van der Waals surface area contributed by atoms with Crippen molar-refractivity contribution in [2.75, 3.05) is 27.3 Å². The van der Waals surface area contributed by atoms with E-state index in [1.807, 2.05) is 12.1 Å². The first-order valence-electron chi connectivity index (χ1n) is 5.01. The van der Waals surface area contributed by atoms with Crippen molar-refractivity contribution >= 4 is 11.6 Å². The molecule has 0 atom stereocenters. The number of pyridine rings is 1. The zero-order valence-electron chi connectivity index (χ0n) is 9.24. The first kappa shape index (κ1) is 12.4. The molecule has 0 aliphatic rings. The fourth-order valence-electron chi connectivity index (χ4n) is 1.37. The highest BCUT2D eigenvalue weighted by atomic mass is 35.5. The first-order valence-corrected chi connectivity index (χ1v) is 5.39. The summed E-state index contributed by atoms with van der Waals surface area (Å²) in [6.07, 6.45) is 1.04. The minimum absolute atomic E-state index is 0.554. The van der Waals surface area contributed by atoms with Gasteiger partial charge in [-0.05, 0) is 25.6 Å². The number of ether oxygens (including phenoxy) is 1. The third-order valence-electron chi connectivity index (χ3n) is 2.09. The summed E-state index contributed by atoms with van der Waals surface area (Å²) >= 11 is 5.81. The Labute approximate surface area is 96.0 Å². The Hall–Kier alpha value is -0.640. The maximum absolute atomic E-state index is 5.81. The molecular weight excluding hydrogens is 212 g/mol. The Morgan fingerprint density at radius 1 is 1.47 bits per heavy atom. The molecule has 0 aliphatic carbocycles. The Balaban J connectivity index is 2.34. The maximum Gasteiger partial charge on any atom is 0.129 e. The second kappa shape index (κ2) is 6.77. The molecule has 0 radical (unpaired) electrons. The van der Waals surface area contributed by atoms with E-state index in [9.17, 15) is 0 Å². The summed E-state index contributed by atoms with van der Waals surface area (Å²) in [6, 6.07) is 5.70. The van der Waals surface area contributed by atoms with Crippen LogP contribution in [0.5, 0.6) is 0 Å². The molecule has 1 aromatic heterocycles. The molecule has 0 aliphatic heterocycles. The van der Waals surface area contributed by atoms with Gasteiger partial charge in [0.1, 0.15) is 5.15 Å². The number of rotatable bonds is 6. The second-order valence-corrected chi connectivity index (χ2v) is 3.92. The van der Waals surface area contributed by atoms with Crippen molar-refractivity contribution in [3.63, 3.8) is 0 Å². The SMILES string of the molecule is COCCCN(C)Cc1cccc(Cl)n1. The molecule has 0 aromatic carbocycles. The lowest BCUT2D eigenvalue weighted by molar-refractivity contribution is 0.178. The predicted octanol–water partition coefficient (Wildman–Crippen LogP) is 2.20. The van der Waals surface area contributed by atoms with Gasteiger partial charge in [-0.25, -0.2) is 4.98 Å². The van der Waals surface area contributed by atoms with Crippen molar-refractivity contribution in [1.82, 2.24) is 9.88 Å². The molecule has 1 rings (SSSR count). The normalized spacial score (nSPS) is 10.9. The monoisotopic (exact) mass is 228 g/mol. The van der Waals surface area contributed by atoms with Crippen molar-refractivity contribution in [1.29, 1.82) is 0 Å². The standard InChI is InChI=1S/C11H17ClN2O/c1-14(7-4-8-15-2)9-10-5-3-6-11(12)13-10/h3,5-6H,4,7-9H2,1-2H3. The van der Waals surface area contributed by atoms with Gasteiger partial charge in [-0.3, -0.25) is 0 Å². The summed E-state index contributed by atoms with van der Waals surface area (Å²) in [5.41, 5.74) is 1.00. The van der Waals surface area contributed by atoms with Crippen molar-refractivity contribution < 1.29 is 4.74 Å². The van der Waals surface area contributed by atoms with Crippen molar-refractivity contribution in [3.05, 3.63) is 29.0 Å². The van der Waals surface area contributed by atoms with Crippen LogP contribution in [0.1, 0.15) is 12.1 Å². The average Bonchev–Trinajstić information content (AvgIpc) is 2.18. The van der Waals surface area contributed by atoms with Crippen LogP contribution in [0.2, 0.25) is 5.15 Å². The van der Waals surface area contributed by atoms with Gasteiger partial charge in [0.2, 0.25) is 0 Å². The lowest BCUT2D eigenvalue weighted by Gasteiger charge is -2.15. The lowest BCUT2D eigenvalue weighted by atomic mass is 10.3. The molecular formula is C11H17ClN2O. The van der Waals surface area contributed by atoms with E-state index in [0.717, 1.165) is 31.8 Å². The highest BCUT2D eigenvalue weighted by molar-refractivity contribution is 6.29. The zero-order valence-corrected chi connectivity index (χ0v) is 10.00. The number of hydrogen-bond acceptors (Lipinski definition) is 3. The van der Waals surface area contributed by atoms with Crippen molar-refractivity contribution in [3.8, 4) is 0 Å². The topological polar surface area (TPSA) is 25.4 Å². The largest absolute Gasteiger partial charge is 0.385 e. The van der Waals surface area contributed by atoms with E-state index in [2.05, 4.69) is 16.9 Å². The molecule has 0 saturated heterocycles. The van der Waals surface area contributed by atoms with E-state index in [4.69, 9.17) is 16.3 Å². The van der Waals surface area contributed by atoms with E-state index < -0.39 is 0 Å². The molecule has 0 spiro atoms. The lowest BCUT2D eigenvalue weighted by Crippen LogP contribution is -2.20. The molecule has 84 valence electrons. The maximum atomic E-state index is 5.81. The highest BCUT2D eigenvalue weighted by Crippen LogP contribution is 2.06. The molecule has 0 N–H and O–H groups in total. The minimum atomic E-state index is 0.554. The van der Waals surface area contributed by atoms with Gasteiger partial charge in [0.05, 0.1) is 5.69 Å². The van der Waals surface area contributed by atoms with Gasteiger partial charge in [0, 0.05) is 26.8 Å². The van der Waals surface area contributed by atoms with Crippen LogP contribution in [-0.2, 0) is 11.3 Å². The summed E-state index contributed by atoms with van der Waals surface area (Å²) in [6.45, 7) is 2.62. The molecule has 0 unspecified atom stereocenters. The molecule has 1 aromatic rings. The molecule has 15 heavy (non-hydrogen) atoms. The van der Waals surface area contributed by atoms with E-state index in [0.29, 0.717) is 5.15 Å². The molecule has 0 amide bonds. The molecule has 3 nitrogen and oxygen atoms in total. The van der Waals surface area contributed by atoms with Crippen LogP contribution in [0.3, 0.4) is 0 Å². The van der Waals surface area contributed by atoms with Gasteiger partial charge >= 0.3 is 0 Å².